The van der Waals surface area contributed by atoms with E-state index in [2.05, 4.69) is 5.32 Å². The van der Waals surface area contributed by atoms with Crippen molar-refractivity contribution in [2.75, 3.05) is 26.1 Å². The number of ether oxygens (including phenoxy) is 3. The first kappa shape index (κ1) is 22.3. The van der Waals surface area contributed by atoms with Gasteiger partial charge in [0.2, 0.25) is 0 Å². The van der Waals surface area contributed by atoms with Crippen LogP contribution in [0, 0.1) is 10.1 Å². The monoisotopic (exact) mass is 416 g/mol. The Kier molecular flexibility index (Phi) is 7.45. The Morgan fingerprint density at radius 1 is 1.03 bits per heavy atom. The van der Waals surface area contributed by atoms with Gasteiger partial charge in [-0.15, -0.1) is 0 Å². The van der Waals surface area contributed by atoms with E-state index in [9.17, 15) is 24.5 Å². The van der Waals surface area contributed by atoms with E-state index in [-0.39, 0.29) is 29.3 Å². The van der Waals surface area contributed by atoms with Crippen LogP contribution in [0.5, 0.6) is 11.5 Å². The number of anilines is 1. The van der Waals surface area contributed by atoms with E-state index in [0.717, 1.165) is 6.07 Å². The molecule has 0 aromatic heterocycles. The molecule has 10 heteroatoms. The summed E-state index contributed by atoms with van der Waals surface area (Å²) in [6.07, 6.45) is -0.196. The first-order chi connectivity index (χ1) is 14.2. The Hall–Kier alpha value is -3.95. The van der Waals surface area contributed by atoms with Gasteiger partial charge in [-0.3, -0.25) is 24.5 Å². The average Bonchev–Trinajstić information content (AvgIpc) is 2.72. The molecule has 0 bridgehead atoms. The van der Waals surface area contributed by atoms with Crippen molar-refractivity contribution < 1.29 is 33.5 Å². The van der Waals surface area contributed by atoms with Gasteiger partial charge in [0.1, 0.15) is 11.5 Å². The quantitative estimate of drug-likeness (QED) is 0.285. The van der Waals surface area contributed by atoms with E-state index in [0.29, 0.717) is 16.9 Å². The largest absolute Gasteiger partial charge is 0.496 e. The highest BCUT2D eigenvalue weighted by Crippen LogP contribution is 2.29. The number of rotatable bonds is 9. The molecule has 2 aromatic rings. The minimum Gasteiger partial charge on any atom is -0.496 e. The normalized spacial score (nSPS) is 10.1. The van der Waals surface area contributed by atoms with Crippen LogP contribution in [0.3, 0.4) is 0 Å². The number of carbonyl (C=O) groups is 3. The summed E-state index contributed by atoms with van der Waals surface area (Å²) in [6.45, 7) is 0.828. The van der Waals surface area contributed by atoms with Gasteiger partial charge in [0.15, 0.2) is 12.4 Å². The van der Waals surface area contributed by atoms with Gasteiger partial charge in [-0.2, -0.15) is 0 Å². The molecule has 0 saturated carbocycles. The van der Waals surface area contributed by atoms with E-state index in [4.69, 9.17) is 14.2 Å². The standard InChI is InChI=1S/C20H20N2O8/c1-12(23)13-4-7-17(28-2)14(8-13)9-20(25)30-11-19(24)21-16-6-5-15(22(26)27)10-18(16)29-3/h4-8,10H,9,11H2,1-3H3,(H,21,24). The smallest absolute Gasteiger partial charge is 0.310 e. The zero-order valence-electron chi connectivity index (χ0n) is 16.6. The lowest BCUT2D eigenvalue weighted by atomic mass is 10.0. The fourth-order valence-electron chi connectivity index (χ4n) is 2.57. The average molecular weight is 416 g/mol. The van der Waals surface area contributed by atoms with Gasteiger partial charge in [0, 0.05) is 17.2 Å². The fraction of sp³-hybridized carbons (Fsp3) is 0.250. The van der Waals surface area contributed by atoms with Crippen LogP contribution < -0.4 is 14.8 Å². The maximum absolute atomic E-state index is 12.1. The van der Waals surface area contributed by atoms with Gasteiger partial charge in [0.05, 0.1) is 37.3 Å². The summed E-state index contributed by atoms with van der Waals surface area (Å²) in [5, 5.41) is 13.3. The number of nitrogens with one attached hydrogen (secondary N) is 1. The molecule has 0 aliphatic carbocycles. The van der Waals surface area contributed by atoms with Crippen LogP contribution in [-0.2, 0) is 20.7 Å². The molecule has 1 N–H and O–H groups in total. The molecule has 1 amide bonds. The van der Waals surface area contributed by atoms with Crippen molar-refractivity contribution >= 4 is 29.0 Å². The summed E-state index contributed by atoms with van der Waals surface area (Å²) in [4.78, 5) is 45.9. The zero-order chi connectivity index (χ0) is 22.3. The van der Waals surface area contributed by atoms with Crippen LogP contribution in [0.15, 0.2) is 36.4 Å². The SMILES string of the molecule is COc1ccc(C(C)=O)cc1CC(=O)OCC(=O)Nc1ccc([N+](=O)[O-])cc1OC. The van der Waals surface area contributed by atoms with Crippen molar-refractivity contribution in [3.8, 4) is 11.5 Å². The number of nitro groups is 1. The lowest BCUT2D eigenvalue weighted by molar-refractivity contribution is -0.384. The van der Waals surface area contributed by atoms with Gasteiger partial charge < -0.3 is 19.5 Å². The van der Waals surface area contributed by atoms with Gasteiger partial charge in [-0.25, -0.2) is 0 Å². The molecule has 0 fully saturated rings. The third-order valence-corrected chi connectivity index (χ3v) is 4.06. The molecule has 2 rings (SSSR count). The lowest BCUT2D eigenvalue weighted by Crippen LogP contribution is -2.22. The summed E-state index contributed by atoms with van der Waals surface area (Å²) in [5.41, 5.74) is 0.868. The first-order valence-corrected chi connectivity index (χ1v) is 8.71. The third kappa shape index (κ3) is 5.77. The van der Waals surface area contributed by atoms with Crippen LogP contribution in [-0.4, -0.2) is 43.4 Å². The number of non-ortho nitro benzene ring substituents is 1. The number of ketones is 1. The van der Waals surface area contributed by atoms with E-state index in [1.807, 2.05) is 0 Å². The Balaban J connectivity index is 1.99. The summed E-state index contributed by atoms with van der Waals surface area (Å²) in [6, 6.07) is 8.38. The Morgan fingerprint density at radius 3 is 2.33 bits per heavy atom. The van der Waals surface area contributed by atoms with E-state index in [1.165, 1.54) is 39.3 Å². The number of hydrogen-bond acceptors (Lipinski definition) is 8. The van der Waals surface area contributed by atoms with Crippen LogP contribution in [0.25, 0.3) is 0 Å². The molecular formula is C20H20N2O8. The molecule has 10 nitrogen and oxygen atoms in total. The maximum Gasteiger partial charge on any atom is 0.310 e. The van der Waals surface area contributed by atoms with Crippen molar-refractivity contribution in [3.63, 3.8) is 0 Å². The van der Waals surface area contributed by atoms with Gasteiger partial charge in [-0.05, 0) is 31.2 Å². The number of nitrogens with zero attached hydrogens (tertiary/aromatic N) is 1. The maximum atomic E-state index is 12.1. The minimum absolute atomic E-state index is 0.0923. The molecule has 30 heavy (non-hydrogen) atoms. The number of nitro benzene ring substituents is 1. The van der Waals surface area contributed by atoms with Crippen LogP contribution in [0.4, 0.5) is 11.4 Å². The van der Waals surface area contributed by atoms with E-state index < -0.39 is 23.4 Å². The molecule has 0 heterocycles. The first-order valence-electron chi connectivity index (χ1n) is 8.71. The van der Waals surface area contributed by atoms with Gasteiger partial charge in [0.25, 0.3) is 11.6 Å². The molecule has 0 atom stereocenters. The predicted octanol–water partition coefficient (Wildman–Crippen LogP) is 2.54. The number of benzene rings is 2. The second kappa shape index (κ2) is 10.0. The molecule has 0 aliphatic heterocycles. The minimum atomic E-state index is -0.695. The van der Waals surface area contributed by atoms with Gasteiger partial charge in [-0.1, -0.05) is 0 Å². The summed E-state index contributed by atoms with van der Waals surface area (Å²) < 4.78 is 15.2. The topological polar surface area (TPSA) is 134 Å². The van der Waals surface area contributed by atoms with Crippen LogP contribution in [0.1, 0.15) is 22.8 Å². The third-order valence-electron chi connectivity index (χ3n) is 4.06. The van der Waals surface area contributed by atoms with E-state index >= 15 is 0 Å². The second-order valence-corrected chi connectivity index (χ2v) is 6.11. The summed E-state index contributed by atoms with van der Waals surface area (Å²) in [7, 11) is 2.74. The van der Waals surface area contributed by atoms with Crippen molar-refractivity contribution in [2.24, 2.45) is 0 Å². The number of esters is 1. The second-order valence-electron chi connectivity index (χ2n) is 6.11. The fourth-order valence-corrected chi connectivity index (χ4v) is 2.57. The Bertz CT molecular complexity index is 987. The van der Waals surface area contributed by atoms with Crippen molar-refractivity contribution in [3.05, 3.63) is 57.6 Å². The number of amides is 1. The molecular weight excluding hydrogens is 396 g/mol. The number of hydrogen-bond donors (Lipinski definition) is 1. The summed E-state index contributed by atoms with van der Waals surface area (Å²) >= 11 is 0. The summed E-state index contributed by atoms with van der Waals surface area (Å²) in [5.74, 6) is -1.00. The predicted molar refractivity (Wildman–Crippen MR) is 106 cm³/mol. The van der Waals surface area contributed by atoms with Gasteiger partial charge >= 0.3 is 5.97 Å². The highest BCUT2D eigenvalue weighted by molar-refractivity contribution is 5.95. The van der Waals surface area contributed by atoms with Crippen LogP contribution in [0.2, 0.25) is 0 Å². The number of methoxy groups -OCH3 is 2. The molecule has 158 valence electrons. The molecule has 0 spiro atoms. The van der Waals surface area contributed by atoms with Crippen LogP contribution >= 0.6 is 0 Å². The Morgan fingerprint density at radius 2 is 1.73 bits per heavy atom. The molecule has 0 aliphatic rings. The highest BCUT2D eigenvalue weighted by atomic mass is 16.6. The Labute approximate surface area is 171 Å². The zero-order valence-corrected chi connectivity index (χ0v) is 16.6. The molecule has 2 aromatic carbocycles. The highest BCUT2D eigenvalue weighted by Gasteiger charge is 2.16. The van der Waals surface area contributed by atoms with Crippen molar-refractivity contribution in [1.29, 1.82) is 0 Å². The number of Topliss-reactive ketones (excluding diaryl/α,β-unsaturated/α-hetero) is 1. The lowest BCUT2D eigenvalue weighted by Gasteiger charge is -2.11. The molecule has 0 saturated heterocycles. The molecule has 0 unspecified atom stereocenters. The molecule has 0 radical (unpaired) electrons. The van der Waals surface area contributed by atoms with Crippen molar-refractivity contribution in [1.82, 2.24) is 0 Å². The van der Waals surface area contributed by atoms with Crippen molar-refractivity contribution in [2.45, 2.75) is 13.3 Å². The number of carbonyl (C=O) groups excluding carboxylic acids is 3. The van der Waals surface area contributed by atoms with E-state index in [1.54, 1.807) is 12.1 Å².